The quantitative estimate of drug-likeness (QED) is 0.730. The van der Waals surface area contributed by atoms with Crippen molar-refractivity contribution in [1.29, 1.82) is 0 Å². The third-order valence-electron chi connectivity index (χ3n) is 3.61. The number of amides is 1. The van der Waals surface area contributed by atoms with Gasteiger partial charge in [0.1, 0.15) is 5.60 Å². The molecule has 1 amide bonds. The van der Waals surface area contributed by atoms with Crippen LogP contribution in [0.25, 0.3) is 0 Å². The van der Waals surface area contributed by atoms with Crippen molar-refractivity contribution in [1.82, 2.24) is 4.90 Å². The molecule has 0 radical (unpaired) electrons. The average molecular weight is 320 g/mol. The van der Waals surface area contributed by atoms with E-state index in [4.69, 9.17) is 9.47 Å². The van der Waals surface area contributed by atoms with Crippen LogP contribution in [0.2, 0.25) is 0 Å². The Morgan fingerprint density at radius 1 is 1.44 bits per heavy atom. The van der Waals surface area contributed by atoms with E-state index >= 15 is 0 Å². The van der Waals surface area contributed by atoms with Crippen molar-refractivity contribution in [3.8, 4) is 0 Å². The minimum Gasteiger partial charge on any atom is -0.368 e. The van der Waals surface area contributed by atoms with Crippen LogP contribution in [0.15, 0.2) is 0 Å². The first-order valence-electron chi connectivity index (χ1n) is 6.53. The molecular formula is C13H22BrNO3. The molecule has 2 heterocycles. The maximum absolute atomic E-state index is 12.6. The summed E-state index contributed by atoms with van der Waals surface area (Å²) >= 11 is 3.44. The van der Waals surface area contributed by atoms with Gasteiger partial charge in [0.15, 0.2) is 0 Å². The van der Waals surface area contributed by atoms with E-state index < -0.39 is 5.60 Å². The standard InChI is InChI=1S/C13H22BrNO3/c1-12(2)9-15(8-10(7-14)18-12)11(16)13(3)5-4-6-17-13/h10H,4-9H2,1-3H3. The van der Waals surface area contributed by atoms with Crippen molar-refractivity contribution in [2.75, 3.05) is 25.0 Å². The van der Waals surface area contributed by atoms with E-state index in [1.165, 1.54) is 0 Å². The summed E-state index contributed by atoms with van der Waals surface area (Å²) < 4.78 is 11.6. The molecule has 0 bridgehead atoms. The third-order valence-corrected chi connectivity index (χ3v) is 4.33. The van der Waals surface area contributed by atoms with Gasteiger partial charge < -0.3 is 14.4 Å². The Morgan fingerprint density at radius 2 is 2.17 bits per heavy atom. The van der Waals surface area contributed by atoms with Gasteiger partial charge in [0, 0.05) is 25.0 Å². The molecule has 0 aromatic carbocycles. The normalized spacial score (nSPS) is 35.8. The highest BCUT2D eigenvalue weighted by Crippen LogP contribution is 2.30. The van der Waals surface area contributed by atoms with E-state index in [9.17, 15) is 4.79 Å². The van der Waals surface area contributed by atoms with Gasteiger partial charge in [0.05, 0.1) is 11.7 Å². The summed E-state index contributed by atoms with van der Waals surface area (Å²) in [6.07, 6.45) is 1.85. The van der Waals surface area contributed by atoms with Crippen LogP contribution in [0.1, 0.15) is 33.6 Å². The molecule has 2 atom stereocenters. The second-order valence-corrected chi connectivity index (χ2v) is 6.67. The van der Waals surface area contributed by atoms with Crippen LogP contribution in [0.4, 0.5) is 0 Å². The Labute approximate surface area is 117 Å². The number of morpholine rings is 1. The summed E-state index contributed by atoms with van der Waals surface area (Å²) in [6.45, 7) is 7.94. The molecule has 2 unspecified atom stereocenters. The number of nitrogens with zero attached hydrogens (tertiary/aromatic N) is 1. The molecule has 2 rings (SSSR count). The summed E-state index contributed by atoms with van der Waals surface area (Å²) in [6, 6.07) is 0. The smallest absolute Gasteiger partial charge is 0.254 e. The minimum atomic E-state index is -0.621. The van der Waals surface area contributed by atoms with Crippen molar-refractivity contribution in [3.05, 3.63) is 0 Å². The summed E-state index contributed by atoms with van der Waals surface area (Å²) in [7, 11) is 0. The Balaban J connectivity index is 2.09. The van der Waals surface area contributed by atoms with Gasteiger partial charge in [-0.3, -0.25) is 4.79 Å². The first kappa shape index (κ1) is 14.3. The van der Waals surface area contributed by atoms with E-state index in [-0.39, 0.29) is 17.6 Å². The maximum atomic E-state index is 12.6. The van der Waals surface area contributed by atoms with Gasteiger partial charge >= 0.3 is 0 Å². The number of carbonyl (C=O) groups excluding carboxylic acids is 1. The van der Waals surface area contributed by atoms with Gasteiger partial charge in [0.25, 0.3) is 5.91 Å². The van der Waals surface area contributed by atoms with Crippen molar-refractivity contribution in [2.45, 2.75) is 50.9 Å². The van der Waals surface area contributed by atoms with Crippen LogP contribution in [0, 0.1) is 0 Å². The molecule has 5 heteroatoms. The molecule has 0 aliphatic carbocycles. The highest BCUT2D eigenvalue weighted by molar-refractivity contribution is 9.09. The summed E-state index contributed by atoms with van der Waals surface area (Å²) in [4.78, 5) is 14.5. The predicted octanol–water partition coefficient (Wildman–Crippen LogP) is 1.96. The fourth-order valence-corrected chi connectivity index (χ4v) is 3.15. The fraction of sp³-hybridized carbons (Fsp3) is 0.923. The molecule has 0 aromatic heterocycles. The van der Waals surface area contributed by atoms with Crippen molar-refractivity contribution < 1.29 is 14.3 Å². The largest absolute Gasteiger partial charge is 0.368 e. The highest BCUT2D eigenvalue weighted by Gasteiger charge is 2.44. The Bertz CT molecular complexity index is 326. The van der Waals surface area contributed by atoms with E-state index in [1.807, 2.05) is 25.7 Å². The van der Waals surface area contributed by atoms with Crippen molar-refractivity contribution in [2.24, 2.45) is 0 Å². The third kappa shape index (κ3) is 2.89. The number of alkyl halides is 1. The molecule has 2 saturated heterocycles. The lowest BCUT2D eigenvalue weighted by molar-refractivity contribution is -0.172. The second kappa shape index (κ2) is 5.10. The fourth-order valence-electron chi connectivity index (χ4n) is 2.81. The number of halogens is 1. The highest BCUT2D eigenvalue weighted by atomic mass is 79.9. The molecule has 0 N–H and O–H groups in total. The van der Waals surface area contributed by atoms with E-state index in [2.05, 4.69) is 15.9 Å². The number of hydrogen-bond acceptors (Lipinski definition) is 3. The van der Waals surface area contributed by atoms with Crippen LogP contribution >= 0.6 is 15.9 Å². The number of carbonyl (C=O) groups is 1. The minimum absolute atomic E-state index is 0.0581. The molecule has 18 heavy (non-hydrogen) atoms. The summed E-state index contributed by atoms with van der Waals surface area (Å²) in [5.41, 5.74) is -0.911. The topological polar surface area (TPSA) is 38.8 Å². The number of ether oxygens (including phenoxy) is 2. The molecule has 2 aliphatic rings. The lowest BCUT2D eigenvalue weighted by Gasteiger charge is -2.44. The van der Waals surface area contributed by atoms with Gasteiger partial charge in [-0.2, -0.15) is 0 Å². The van der Waals surface area contributed by atoms with Crippen LogP contribution in [0.5, 0.6) is 0 Å². The summed E-state index contributed by atoms with van der Waals surface area (Å²) in [5.74, 6) is 0.113. The van der Waals surface area contributed by atoms with Crippen molar-refractivity contribution in [3.63, 3.8) is 0 Å². The first-order chi connectivity index (χ1) is 8.36. The van der Waals surface area contributed by atoms with E-state index in [0.29, 0.717) is 19.7 Å². The Kier molecular flexibility index (Phi) is 4.04. The van der Waals surface area contributed by atoms with E-state index in [1.54, 1.807) is 0 Å². The molecule has 0 spiro atoms. The molecule has 0 saturated carbocycles. The maximum Gasteiger partial charge on any atom is 0.254 e. The number of hydrogen-bond donors (Lipinski definition) is 0. The van der Waals surface area contributed by atoms with Crippen LogP contribution in [-0.2, 0) is 14.3 Å². The first-order valence-corrected chi connectivity index (χ1v) is 7.66. The zero-order valence-corrected chi connectivity index (χ0v) is 13.0. The van der Waals surface area contributed by atoms with Crippen LogP contribution in [0.3, 0.4) is 0 Å². The Hall–Kier alpha value is -0.130. The van der Waals surface area contributed by atoms with Gasteiger partial charge in [-0.25, -0.2) is 0 Å². The van der Waals surface area contributed by atoms with Gasteiger partial charge in [-0.15, -0.1) is 0 Å². The average Bonchev–Trinajstić information content (AvgIpc) is 2.74. The lowest BCUT2D eigenvalue weighted by atomic mass is 9.98. The zero-order chi connectivity index (χ0) is 13.4. The molecule has 0 aromatic rings. The van der Waals surface area contributed by atoms with Crippen LogP contribution < -0.4 is 0 Å². The Morgan fingerprint density at radius 3 is 2.72 bits per heavy atom. The predicted molar refractivity (Wildman–Crippen MR) is 72.9 cm³/mol. The lowest BCUT2D eigenvalue weighted by Crippen LogP contribution is -2.59. The summed E-state index contributed by atoms with van der Waals surface area (Å²) in [5, 5.41) is 0.748. The molecule has 104 valence electrons. The van der Waals surface area contributed by atoms with Gasteiger partial charge in [0.2, 0.25) is 0 Å². The second-order valence-electron chi connectivity index (χ2n) is 6.02. The molecule has 2 fully saturated rings. The number of rotatable bonds is 2. The molecule has 2 aliphatic heterocycles. The van der Waals surface area contributed by atoms with Crippen LogP contribution in [-0.4, -0.2) is 53.1 Å². The van der Waals surface area contributed by atoms with E-state index in [0.717, 1.165) is 18.2 Å². The SMILES string of the molecule is CC1(C)CN(C(=O)C2(C)CCCO2)CC(CBr)O1. The van der Waals surface area contributed by atoms with Crippen molar-refractivity contribution >= 4 is 21.8 Å². The van der Waals surface area contributed by atoms with Gasteiger partial charge in [-0.1, -0.05) is 15.9 Å². The molecule has 4 nitrogen and oxygen atoms in total. The molecular weight excluding hydrogens is 298 g/mol. The van der Waals surface area contributed by atoms with Gasteiger partial charge in [-0.05, 0) is 33.6 Å². The monoisotopic (exact) mass is 319 g/mol. The zero-order valence-electron chi connectivity index (χ0n) is 11.4.